The second-order valence-electron chi connectivity index (χ2n) is 1.50. The molecule has 0 atom stereocenters. The summed E-state index contributed by atoms with van der Waals surface area (Å²) in [5, 5.41) is 0. The zero-order valence-corrected chi connectivity index (χ0v) is 7.86. The molecular weight excluding hydrogens is 123 g/mol. The van der Waals surface area contributed by atoms with Crippen molar-refractivity contribution in [1.82, 2.24) is 0 Å². The molecule has 0 amide bonds. The monoisotopic (exact) mass is 134 g/mol. The smallest absolute Gasteiger partial charge is 0.0461 e. The SMILES string of the molecule is C[PH+](C)C.[Ca].[OH-]. The van der Waals surface area contributed by atoms with Crippen LogP contribution >= 0.6 is 7.92 Å². The quantitative estimate of drug-likeness (QED) is 0.351. The molecule has 0 saturated heterocycles. The van der Waals surface area contributed by atoms with Crippen LogP contribution in [0.1, 0.15) is 0 Å². The van der Waals surface area contributed by atoms with Gasteiger partial charge in [0.25, 0.3) is 0 Å². The van der Waals surface area contributed by atoms with E-state index >= 15 is 0 Å². The topological polar surface area (TPSA) is 30.0 Å². The zero-order chi connectivity index (χ0) is 3.58. The molecule has 0 bridgehead atoms. The Bertz CT molecular complexity index is 15.5. The van der Waals surface area contributed by atoms with Gasteiger partial charge in [-0.05, 0) is 7.92 Å². The first-order valence-corrected chi connectivity index (χ1v) is 4.50. The van der Waals surface area contributed by atoms with Crippen LogP contribution in [0.5, 0.6) is 0 Å². The predicted molar refractivity (Wildman–Crippen MR) is 33.8 cm³/mol. The summed E-state index contributed by atoms with van der Waals surface area (Å²) in [5.41, 5.74) is 0. The minimum atomic E-state index is 0. The molecule has 2 radical (unpaired) electrons. The Balaban J connectivity index is -0.0000000450. The molecule has 0 aliphatic carbocycles. The van der Waals surface area contributed by atoms with Crippen LogP contribution in [0.15, 0.2) is 0 Å². The first kappa shape index (κ1) is 15.6. The van der Waals surface area contributed by atoms with Gasteiger partial charge < -0.3 is 5.48 Å². The van der Waals surface area contributed by atoms with Gasteiger partial charge in [0.15, 0.2) is 0 Å². The van der Waals surface area contributed by atoms with Gasteiger partial charge in [0.1, 0.15) is 0 Å². The molecule has 1 N–H and O–H groups in total. The summed E-state index contributed by atoms with van der Waals surface area (Å²) in [7, 11) is 0.120. The van der Waals surface area contributed by atoms with Crippen LogP contribution in [0.2, 0.25) is 0 Å². The molecule has 0 aliphatic heterocycles. The van der Waals surface area contributed by atoms with Gasteiger partial charge in [-0.1, -0.05) is 0 Å². The molecule has 0 spiro atoms. The maximum Gasteiger partial charge on any atom is 0.0461 e. The molecule has 6 heavy (non-hydrogen) atoms. The van der Waals surface area contributed by atoms with Gasteiger partial charge in [-0.15, -0.1) is 0 Å². The van der Waals surface area contributed by atoms with Crippen molar-refractivity contribution in [3.05, 3.63) is 0 Å². The van der Waals surface area contributed by atoms with E-state index in [9.17, 15) is 0 Å². The van der Waals surface area contributed by atoms with Crippen LogP contribution in [-0.2, 0) is 0 Å². The normalized spacial score (nSPS) is 6.00. The molecule has 0 unspecified atom stereocenters. The maximum atomic E-state index is 2.27. The van der Waals surface area contributed by atoms with Gasteiger partial charge in [0.05, 0.1) is 0 Å². The van der Waals surface area contributed by atoms with E-state index in [1.165, 1.54) is 0 Å². The van der Waals surface area contributed by atoms with Crippen molar-refractivity contribution < 1.29 is 5.48 Å². The summed E-state index contributed by atoms with van der Waals surface area (Å²) in [6.07, 6.45) is 0. The van der Waals surface area contributed by atoms with Gasteiger partial charge >= 0.3 is 0 Å². The summed E-state index contributed by atoms with van der Waals surface area (Å²) in [4.78, 5) is 0. The van der Waals surface area contributed by atoms with Crippen LogP contribution in [-0.4, -0.2) is 63.2 Å². The fourth-order valence-corrected chi connectivity index (χ4v) is 0. The third-order valence-electron chi connectivity index (χ3n) is 0. The minimum absolute atomic E-state index is 0. The van der Waals surface area contributed by atoms with Crippen molar-refractivity contribution in [1.29, 1.82) is 0 Å². The third kappa shape index (κ3) is 44.9. The van der Waals surface area contributed by atoms with E-state index in [0.29, 0.717) is 0 Å². The van der Waals surface area contributed by atoms with Crippen molar-refractivity contribution in [2.75, 3.05) is 20.0 Å². The standard InChI is InChI=1S/C3H9P.Ca.H2O/c1-4(2)3;;/h1-3H3;;1H2. The van der Waals surface area contributed by atoms with Crippen LogP contribution in [0.3, 0.4) is 0 Å². The molecule has 0 aromatic rings. The predicted octanol–water partition coefficient (Wildman–Crippen LogP) is 0.532. The summed E-state index contributed by atoms with van der Waals surface area (Å²) in [6.45, 7) is 6.81. The van der Waals surface area contributed by atoms with Crippen molar-refractivity contribution in [3.8, 4) is 0 Å². The van der Waals surface area contributed by atoms with E-state index in [0.717, 1.165) is 0 Å². The van der Waals surface area contributed by atoms with E-state index in [2.05, 4.69) is 20.0 Å². The Hall–Kier alpha value is 1.65. The summed E-state index contributed by atoms with van der Waals surface area (Å²) < 4.78 is 0. The molecule has 3 heteroatoms. The van der Waals surface area contributed by atoms with E-state index in [-0.39, 0.29) is 51.1 Å². The molecule has 0 aromatic heterocycles. The fraction of sp³-hybridized carbons (Fsp3) is 1.00. The van der Waals surface area contributed by atoms with Crippen molar-refractivity contribution >= 4 is 45.7 Å². The Morgan fingerprint density at radius 2 is 1.00 bits per heavy atom. The van der Waals surface area contributed by atoms with Crippen LogP contribution in [0, 0.1) is 0 Å². The molecule has 0 fully saturated rings. The Morgan fingerprint density at radius 1 is 1.00 bits per heavy atom. The van der Waals surface area contributed by atoms with E-state index in [4.69, 9.17) is 0 Å². The van der Waals surface area contributed by atoms with Crippen LogP contribution in [0.4, 0.5) is 0 Å². The first-order valence-electron chi connectivity index (χ1n) is 1.50. The Labute approximate surface area is 70.6 Å². The van der Waals surface area contributed by atoms with Gasteiger partial charge in [-0.2, -0.15) is 0 Å². The summed E-state index contributed by atoms with van der Waals surface area (Å²) in [6, 6.07) is 0. The fourth-order valence-electron chi connectivity index (χ4n) is 0. The number of hydrogen-bond acceptors (Lipinski definition) is 1. The van der Waals surface area contributed by atoms with E-state index < -0.39 is 0 Å². The van der Waals surface area contributed by atoms with Gasteiger partial charge in [-0.25, -0.2) is 0 Å². The molecule has 0 aliphatic rings. The second kappa shape index (κ2) is 9.82. The Kier molecular flexibility index (Phi) is 25.6. The van der Waals surface area contributed by atoms with Gasteiger partial charge in [0.2, 0.25) is 0 Å². The molecule has 0 heterocycles. The van der Waals surface area contributed by atoms with Crippen LogP contribution < -0.4 is 0 Å². The largest absolute Gasteiger partial charge is 0.870 e. The molecule has 36 valence electrons. The van der Waals surface area contributed by atoms with Crippen LogP contribution in [0.25, 0.3) is 0 Å². The zero-order valence-electron chi connectivity index (χ0n) is 4.65. The molecule has 1 nitrogen and oxygen atoms in total. The number of hydrogen-bond donors (Lipinski definition) is 0. The van der Waals surface area contributed by atoms with Gasteiger partial charge in [-0.3, -0.25) is 0 Å². The Morgan fingerprint density at radius 3 is 1.00 bits per heavy atom. The average molecular weight is 134 g/mol. The molecule has 0 saturated carbocycles. The van der Waals surface area contributed by atoms with Gasteiger partial charge in [0, 0.05) is 57.7 Å². The number of rotatable bonds is 0. The molecular formula is C3H11CaOP. The second-order valence-corrected chi connectivity index (χ2v) is 4.50. The maximum absolute atomic E-state index is 2.27. The van der Waals surface area contributed by atoms with E-state index in [1.807, 2.05) is 0 Å². The average Bonchev–Trinajstić information content (AvgIpc) is 0.811. The summed E-state index contributed by atoms with van der Waals surface area (Å²) in [5.74, 6) is 0. The molecule has 0 rings (SSSR count). The van der Waals surface area contributed by atoms with E-state index in [1.54, 1.807) is 0 Å². The van der Waals surface area contributed by atoms with Crippen molar-refractivity contribution in [2.24, 2.45) is 0 Å². The van der Waals surface area contributed by atoms with Crippen molar-refractivity contribution in [3.63, 3.8) is 0 Å². The first-order chi connectivity index (χ1) is 1.73. The molecule has 0 aromatic carbocycles. The van der Waals surface area contributed by atoms with Crippen molar-refractivity contribution in [2.45, 2.75) is 0 Å². The summed E-state index contributed by atoms with van der Waals surface area (Å²) >= 11 is 0. The third-order valence-corrected chi connectivity index (χ3v) is 0. The minimum Gasteiger partial charge on any atom is -0.870 e.